The zero-order valence-electron chi connectivity index (χ0n) is 20.3. The van der Waals surface area contributed by atoms with E-state index in [1.54, 1.807) is 42.6 Å². The van der Waals surface area contributed by atoms with Crippen molar-refractivity contribution in [1.29, 1.82) is 0 Å². The summed E-state index contributed by atoms with van der Waals surface area (Å²) >= 11 is 5.76. The molecule has 1 fully saturated rings. The molecule has 2 atom stereocenters. The van der Waals surface area contributed by atoms with Gasteiger partial charge >= 0.3 is 5.97 Å². The molecule has 192 valence electrons. The van der Waals surface area contributed by atoms with Crippen molar-refractivity contribution in [1.82, 2.24) is 10.3 Å². The minimum atomic E-state index is -0.986. The van der Waals surface area contributed by atoms with Crippen molar-refractivity contribution in [3.8, 4) is 11.3 Å². The number of nitrogens with zero attached hydrogens (tertiary/aromatic N) is 2. The molecule has 10 heteroatoms. The van der Waals surface area contributed by atoms with Gasteiger partial charge in [-0.15, -0.1) is 0 Å². The summed E-state index contributed by atoms with van der Waals surface area (Å²) in [6.07, 6.45) is 1.73. The van der Waals surface area contributed by atoms with Gasteiger partial charge in [0.25, 0.3) is 0 Å². The Morgan fingerprint density at radius 2 is 1.84 bits per heavy atom. The van der Waals surface area contributed by atoms with Gasteiger partial charge in [-0.25, -0.2) is 4.79 Å². The number of amides is 1. The Bertz CT molecular complexity index is 1450. The van der Waals surface area contributed by atoms with Gasteiger partial charge in [0.05, 0.1) is 17.3 Å². The van der Waals surface area contributed by atoms with Gasteiger partial charge in [0.2, 0.25) is 5.91 Å². The standard InChI is InChI=1S/C28H24N4O5S/c1-36-16-24(33)30-19-9-11-20(12-10-19)32-26(25(31-28(32)38)21-4-2-3-15-29-21)23-14-13-22(37-23)17-5-7-18(8-6-17)27(34)35/h2-15,25-26H,16H2,1H3,(H,30,33)(H,31,38)(H,34,35)/t25-,26+/m0/s1. The van der Waals surface area contributed by atoms with Crippen LogP contribution in [0.3, 0.4) is 0 Å². The van der Waals surface area contributed by atoms with Crippen molar-refractivity contribution in [2.45, 2.75) is 12.1 Å². The zero-order chi connectivity index (χ0) is 26.6. The number of anilines is 2. The van der Waals surface area contributed by atoms with E-state index in [1.807, 2.05) is 47.4 Å². The Morgan fingerprint density at radius 1 is 1.08 bits per heavy atom. The summed E-state index contributed by atoms with van der Waals surface area (Å²) in [7, 11) is 1.47. The summed E-state index contributed by atoms with van der Waals surface area (Å²) in [4.78, 5) is 29.6. The fourth-order valence-electron chi connectivity index (χ4n) is 4.40. The van der Waals surface area contributed by atoms with Gasteiger partial charge in [-0.1, -0.05) is 18.2 Å². The van der Waals surface area contributed by atoms with Gasteiger partial charge in [0.1, 0.15) is 24.2 Å². The molecule has 3 heterocycles. The summed E-state index contributed by atoms with van der Waals surface area (Å²) in [6.45, 7) is -0.0322. The largest absolute Gasteiger partial charge is 0.478 e. The summed E-state index contributed by atoms with van der Waals surface area (Å²) in [5.74, 6) is 0.0278. The number of benzene rings is 2. The monoisotopic (exact) mass is 528 g/mol. The van der Waals surface area contributed by atoms with Crippen LogP contribution in [-0.4, -0.2) is 40.8 Å². The van der Waals surface area contributed by atoms with E-state index in [0.717, 1.165) is 16.9 Å². The number of hydrogen-bond acceptors (Lipinski definition) is 6. The molecule has 38 heavy (non-hydrogen) atoms. The molecule has 0 aliphatic carbocycles. The second-order valence-electron chi connectivity index (χ2n) is 8.61. The third-order valence-electron chi connectivity index (χ3n) is 6.14. The first-order chi connectivity index (χ1) is 18.4. The van der Waals surface area contributed by atoms with E-state index in [2.05, 4.69) is 15.6 Å². The molecule has 0 unspecified atom stereocenters. The molecule has 2 aromatic heterocycles. The van der Waals surface area contributed by atoms with Gasteiger partial charge in [-0.3, -0.25) is 9.78 Å². The number of methoxy groups -OCH3 is 1. The number of hydrogen-bond donors (Lipinski definition) is 3. The normalized spacial score (nSPS) is 16.8. The third-order valence-corrected chi connectivity index (χ3v) is 6.45. The maximum absolute atomic E-state index is 11.9. The Labute approximate surface area is 224 Å². The van der Waals surface area contributed by atoms with Crippen LogP contribution in [-0.2, 0) is 9.53 Å². The number of furan rings is 1. The fourth-order valence-corrected chi connectivity index (χ4v) is 4.75. The summed E-state index contributed by atoms with van der Waals surface area (Å²) in [6, 6.07) is 22.7. The Balaban J connectivity index is 1.49. The number of pyridine rings is 1. The molecule has 0 radical (unpaired) electrons. The number of carboxylic acids is 1. The molecule has 5 rings (SSSR count). The summed E-state index contributed by atoms with van der Waals surface area (Å²) in [5, 5.41) is 15.9. The number of ether oxygens (including phenoxy) is 1. The second-order valence-corrected chi connectivity index (χ2v) is 9.00. The summed E-state index contributed by atoms with van der Waals surface area (Å²) < 4.78 is 11.2. The molecule has 9 nitrogen and oxygen atoms in total. The lowest BCUT2D eigenvalue weighted by atomic mass is 10.0. The molecule has 1 amide bonds. The van der Waals surface area contributed by atoms with Gasteiger partial charge in [-0.05, 0) is 72.9 Å². The highest BCUT2D eigenvalue weighted by Gasteiger charge is 2.42. The van der Waals surface area contributed by atoms with Crippen LogP contribution >= 0.6 is 12.2 Å². The smallest absolute Gasteiger partial charge is 0.335 e. The van der Waals surface area contributed by atoms with Crippen LogP contribution in [0.4, 0.5) is 11.4 Å². The lowest BCUT2D eigenvalue weighted by Gasteiger charge is -2.26. The second kappa shape index (κ2) is 10.8. The lowest BCUT2D eigenvalue weighted by Crippen LogP contribution is -2.29. The Kier molecular flexibility index (Phi) is 7.16. The molecule has 3 N–H and O–H groups in total. The van der Waals surface area contributed by atoms with Crippen molar-refractivity contribution < 1.29 is 23.8 Å². The van der Waals surface area contributed by atoms with Gasteiger partial charge in [0.15, 0.2) is 5.11 Å². The number of rotatable bonds is 8. The molecular weight excluding hydrogens is 504 g/mol. The molecule has 1 saturated heterocycles. The van der Waals surface area contributed by atoms with E-state index >= 15 is 0 Å². The molecular formula is C28H24N4O5S. The SMILES string of the molecule is COCC(=O)Nc1ccc(N2C(=S)N[C@@H](c3ccccn3)[C@H]2c2ccc(-c3ccc(C(=O)O)cc3)o2)cc1. The number of thiocarbonyl (C=S) groups is 1. The molecule has 4 aromatic rings. The van der Waals surface area contributed by atoms with Crippen molar-refractivity contribution >= 4 is 40.6 Å². The van der Waals surface area contributed by atoms with Crippen LogP contribution in [0.1, 0.15) is 33.9 Å². The molecule has 1 aliphatic rings. The van der Waals surface area contributed by atoms with Crippen molar-refractivity contribution in [3.05, 3.63) is 102 Å². The maximum atomic E-state index is 11.9. The third kappa shape index (κ3) is 5.13. The Morgan fingerprint density at radius 3 is 2.50 bits per heavy atom. The maximum Gasteiger partial charge on any atom is 0.335 e. The number of aromatic nitrogens is 1. The van der Waals surface area contributed by atoms with E-state index in [0.29, 0.717) is 22.3 Å². The summed E-state index contributed by atoms with van der Waals surface area (Å²) in [5.41, 5.74) is 3.20. The average Bonchev–Trinajstić information content (AvgIpc) is 3.54. The van der Waals surface area contributed by atoms with Crippen LogP contribution in [0.2, 0.25) is 0 Å². The van der Waals surface area contributed by atoms with Gasteiger partial charge in [-0.2, -0.15) is 0 Å². The highest BCUT2D eigenvalue weighted by atomic mass is 32.1. The van der Waals surface area contributed by atoms with Crippen LogP contribution in [0, 0.1) is 0 Å². The predicted octanol–water partition coefficient (Wildman–Crippen LogP) is 4.80. The number of aromatic carboxylic acids is 1. The van der Waals surface area contributed by atoms with Crippen LogP contribution in [0.5, 0.6) is 0 Å². The molecule has 1 aliphatic heterocycles. The number of carboxylic acid groups (broad SMARTS) is 1. The zero-order valence-corrected chi connectivity index (χ0v) is 21.1. The van der Waals surface area contributed by atoms with E-state index in [4.69, 9.17) is 21.4 Å². The minimum Gasteiger partial charge on any atom is -0.478 e. The predicted molar refractivity (Wildman–Crippen MR) is 146 cm³/mol. The van der Waals surface area contributed by atoms with Crippen molar-refractivity contribution in [2.75, 3.05) is 23.9 Å². The number of nitrogens with one attached hydrogen (secondary N) is 2. The fraction of sp³-hybridized carbons (Fsp3) is 0.143. The van der Waals surface area contributed by atoms with E-state index in [-0.39, 0.29) is 30.2 Å². The highest BCUT2D eigenvalue weighted by Crippen LogP contribution is 2.43. The number of carbonyl (C=O) groups is 2. The molecule has 0 bridgehead atoms. The van der Waals surface area contributed by atoms with Crippen LogP contribution in [0.15, 0.2) is 89.5 Å². The minimum absolute atomic E-state index is 0.0322. The average molecular weight is 529 g/mol. The first-order valence-corrected chi connectivity index (χ1v) is 12.2. The molecule has 0 saturated carbocycles. The first kappa shape index (κ1) is 25.1. The number of carbonyl (C=O) groups excluding carboxylic acids is 1. The van der Waals surface area contributed by atoms with Gasteiger partial charge < -0.3 is 29.8 Å². The lowest BCUT2D eigenvalue weighted by molar-refractivity contribution is -0.119. The quantitative estimate of drug-likeness (QED) is 0.277. The molecule has 0 spiro atoms. The van der Waals surface area contributed by atoms with E-state index in [9.17, 15) is 14.7 Å². The first-order valence-electron chi connectivity index (χ1n) is 11.8. The van der Waals surface area contributed by atoms with E-state index < -0.39 is 5.97 Å². The van der Waals surface area contributed by atoms with Crippen molar-refractivity contribution in [3.63, 3.8) is 0 Å². The highest BCUT2D eigenvalue weighted by molar-refractivity contribution is 7.80. The van der Waals surface area contributed by atoms with Crippen molar-refractivity contribution in [2.24, 2.45) is 0 Å². The topological polar surface area (TPSA) is 117 Å². The van der Waals surface area contributed by atoms with Gasteiger partial charge in [0, 0.05) is 30.2 Å². The van der Waals surface area contributed by atoms with Crippen LogP contribution in [0.25, 0.3) is 11.3 Å². The van der Waals surface area contributed by atoms with Crippen LogP contribution < -0.4 is 15.5 Å². The Hall–Kier alpha value is -4.54. The molecule has 2 aromatic carbocycles. The van der Waals surface area contributed by atoms with E-state index in [1.165, 1.54) is 7.11 Å².